The molecule has 0 radical (unpaired) electrons. The summed E-state index contributed by atoms with van der Waals surface area (Å²) in [5, 5.41) is 0.903. The van der Waals surface area contributed by atoms with E-state index in [1.807, 2.05) is 26.0 Å². The number of carbonyl (C=O) groups is 1. The fraction of sp³-hybridized carbons (Fsp3) is 0.438. The number of thiazole rings is 1. The van der Waals surface area contributed by atoms with Crippen LogP contribution in [-0.2, 0) is 16.0 Å². The largest absolute Gasteiger partial charge is 0.465 e. The molecular formula is C16H18N2O2S. The van der Waals surface area contributed by atoms with E-state index in [9.17, 15) is 4.79 Å². The topological polar surface area (TPSA) is 52.1 Å². The van der Waals surface area contributed by atoms with Crippen LogP contribution in [0, 0.1) is 6.92 Å². The van der Waals surface area contributed by atoms with E-state index >= 15 is 0 Å². The summed E-state index contributed by atoms with van der Waals surface area (Å²) in [6.45, 7) is 4.30. The van der Waals surface area contributed by atoms with Crippen LogP contribution in [0.1, 0.15) is 41.8 Å². The van der Waals surface area contributed by atoms with Crippen LogP contribution in [0.5, 0.6) is 0 Å². The summed E-state index contributed by atoms with van der Waals surface area (Å²) in [6, 6.07) is 4.00. The van der Waals surface area contributed by atoms with E-state index in [0.29, 0.717) is 6.61 Å². The SMILES string of the molecule is CCOC(=O)C1CCCc2sc(-c3cc(C)ccn3)nc21. The van der Waals surface area contributed by atoms with Gasteiger partial charge in [0.2, 0.25) is 0 Å². The van der Waals surface area contributed by atoms with Crippen molar-refractivity contribution in [3.05, 3.63) is 34.5 Å². The van der Waals surface area contributed by atoms with Gasteiger partial charge in [0.15, 0.2) is 0 Å². The second kappa shape index (κ2) is 5.93. The highest BCUT2D eigenvalue weighted by molar-refractivity contribution is 7.15. The Morgan fingerprint density at radius 2 is 2.38 bits per heavy atom. The third kappa shape index (κ3) is 2.83. The lowest BCUT2D eigenvalue weighted by Crippen LogP contribution is -2.20. The second-order valence-corrected chi connectivity index (χ2v) is 6.33. The minimum atomic E-state index is -0.205. The van der Waals surface area contributed by atoms with Gasteiger partial charge in [0.05, 0.1) is 18.0 Å². The zero-order valence-electron chi connectivity index (χ0n) is 12.3. The molecule has 0 saturated heterocycles. The van der Waals surface area contributed by atoms with Gasteiger partial charge < -0.3 is 4.74 Å². The zero-order chi connectivity index (χ0) is 14.8. The molecule has 1 aliphatic rings. The molecule has 2 aromatic heterocycles. The van der Waals surface area contributed by atoms with Crippen LogP contribution in [-0.4, -0.2) is 22.5 Å². The Bertz CT molecular complexity index is 666. The van der Waals surface area contributed by atoms with Crippen molar-refractivity contribution in [2.45, 2.75) is 39.0 Å². The van der Waals surface area contributed by atoms with E-state index in [0.717, 1.165) is 41.2 Å². The summed E-state index contributed by atoms with van der Waals surface area (Å²) in [5.74, 6) is -0.351. The fourth-order valence-corrected chi connectivity index (χ4v) is 3.79. The number of ether oxygens (including phenoxy) is 1. The maximum atomic E-state index is 12.1. The summed E-state index contributed by atoms with van der Waals surface area (Å²) >= 11 is 1.65. The Balaban J connectivity index is 1.96. The average Bonchev–Trinajstić information content (AvgIpc) is 2.91. The molecule has 0 saturated carbocycles. The molecule has 0 fully saturated rings. The molecule has 4 nitrogen and oxygen atoms in total. The molecule has 1 atom stereocenters. The Kier molecular flexibility index (Phi) is 4.01. The van der Waals surface area contributed by atoms with Crippen LogP contribution in [0.2, 0.25) is 0 Å². The summed E-state index contributed by atoms with van der Waals surface area (Å²) in [7, 11) is 0. The summed E-state index contributed by atoms with van der Waals surface area (Å²) in [6.07, 6.45) is 4.64. The number of aryl methyl sites for hydroxylation is 2. The van der Waals surface area contributed by atoms with E-state index in [1.165, 1.54) is 4.88 Å². The van der Waals surface area contributed by atoms with E-state index in [2.05, 4.69) is 4.98 Å². The summed E-state index contributed by atoms with van der Waals surface area (Å²) < 4.78 is 5.18. The number of hydrogen-bond donors (Lipinski definition) is 0. The van der Waals surface area contributed by atoms with Crippen LogP contribution in [0.25, 0.3) is 10.7 Å². The number of esters is 1. The first-order chi connectivity index (χ1) is 10.2. The number of hydrogen-bond acceptors (Lipinski definition) is 5. The highest BCUT2D eigenvalue weighted by Gasteiger charge is 2.31. The first-order valence-electron chi connectivity index (χ1n) is 7.28. The predicted octanol–water partition coefficient (Wildman–Crippen LogP) is 3.50. The molecule has 21 heavy (non-hydrogen) atoms. The zero-order valence-corrected chi connectivity index (χ0v) is 13.1. The van der Waals surface area contributed by atoms with Crippen molar-refractivity contribution < 1.29 is 9.53 Å². The van der Waals surface area contributed by atoms with Crippen molar-refractivity contribution in [2.24, 2.45) is 0 Å². The molecule has 0 aliphatic heterocycles. The van der Waals surface area contributed by atoms with Crippen molar-refractivity contribution in [2.75, 3.05) is 6.61 Å². The van der Waals surface area contributed by atoms with Gasteiger partial charge >= 0.3 is 5.97 Å². The Morgan fingerprint density at radius 1 is 1.52 bits per heavy atom. The Morgan fingerprint density at radius 3 is 3.14 bits per heavy atom. The van der Waals surface area contributed by atoms with Gasteiger partial charge in [-0.05, 0) is 50.8 Å². The second-order valence-electron chi connectivity index (χ2n) is 5.24. The van der Waals surface area contributed by atoms with E-state index in [1.54, 1.807) is 17.5 Å². The highest BCUT2D eigenvalue weighted by atomic mass is 32.1. The number of fused-ring (bicyclic) bond motifs is 1. The van der Waals surface area contributed by atoms with Gasteiger partial charge in [-0.15, -0.1) is 11.3 Å². The molecule has 2 aromatic rings. The lowest BCUT2D eigenvalue weighted by atomic mass is 9.91. The normalized spacial score (nSPS) is 17.3. The van der Waals surface area contributed by atoms with Gasteiger partial charge in [-0.3, -0.25) is 9.78 Å². The van der Waals surface area contributed by atoms with E-state index < -0.39 is 0 Å². The van der Waals surface area contributed by atoms with Crippen LogP contribution in [0.3, 0.4) is 0 Å². The molecule has 0 amide bonds. The molecule has 110 valence electrons. The molecule has 2 heterocycles. The number of pyridine rings is 1. The molecule has 0 spiro atoms. The van der Waals surface area contributed by atoms with Crippen LogP contribution >= 0.6 is 11.3 Å². The Hall–Kier alpha value is -1.75. The molecule has 3 rings (SSSR count). The molecule has 0 bridgehead atoms. The summed E-state index contributed by atoms with van der Waals surface area (Å²) in [4.78, 5) is 22.4. The van der Waals surface area contributed by atoms with Crippen molar-refractivity contribution >= 4 is 17.3 Å². The maximum absolute atomic E-state index is 12.1. The molecular weight excluding hydrogens is 284 g/mol. The van der Waals surface area contributed by atoms with Crippen LogP contribution < -0.4 is 0 Å². The highest BCUT2D eigenvalue weighted by Crippen LogP contribution is 2.38. The van der Waals surface area contributed by atoms with Crippen molar-refractivity contribution in [3.63, 3.8) is 0 Å². The van der Waals surface area contributed by atoms with Gasteiger partial charge in [0.1, 0.15) is 10.9 Å². The smallest absolute Gasteiger partial charge is 0.315 e. The summed E-state index contributed by atoms with van der Waals surface area (Å²) in [5.41, 5.74) is 2.95. The minimum absolute atomic E-state index is 0.146. The quantitative estimate of drug-likeness (QED) is 0.814. The standard InChI is InChI=1S/C16H18N2O2S/c1-3-20-16(19)11-5-4-6-13-14(11)18-15(21-13)12-9-10(2)7-8-17-12/h7-9,11H,3-6H2,1-2H3. The van der Waals surface area contributed by atoms with E-state index in [4.69, 9.17) is 9.72 Å². The first kappa shape index (κ1) is 14.2. The van der Waals surface area contributed by atoms with Gasteiger partial charge in [-0.2, -0.15) is 0 Å². The monoisotopic (exact) mass is 302 g/mol. The van der Waals surface area contributed by atoms with Gasteiger partial charge in [-0.1, -0.05) is 0 Å². The third-order valence-electron chi connectivity index (χ3n) is 3.66. The van der Waals surface area contributed by atoms with Crippen LogP contribution in [0.15, 0.2) is 18.3 Å². The lowest BCUT2D eigenvalue weighted by Gasteiger charge is -2.19. The maximum Gasteiger partial charge on any atom is 0.315 e. The molecule has 1 aliphatic carbocycles. The molecule has 0 N–H and O–H groups in total. The van der Waals surface area contributed by atoms with Crippen molar-refractivity contribution in [1.82, 2.24) is 9.97 Å². The van der Waals surface area contributed by atoms with Crippen molar-refractivity contribution in [3.8, 4) is 10.7 Å². The average molecular weight is 302 g/mol. The fourth-order valence-electron chi connectivity index (χ4n) is 2.65. The van der Waals surface area contributed by atoms with Crippen LogP contribution in [0.4, 0.5) is 0 Å². The molecule has 1 unspecified atom stereocenters. The Labute approximate surface area is 128 Å². The van der Waals surface area contributed by atoms with Gasteiger partial charge in [-0.25, -0.2) is 4.98 Å². The van der Waals surface area contributed by atoms with Gasteiger partial charge in [0, 0.05) is 11.1 Å². The van der Waals surface area contributed by atoms with E-state index in [-0.39, 0.29) is 11.9 Å². The number of nitrogens with zero attached hydrogens (tertiary/aromatic N) is 2. The number of rotatable bonds is 3. The molecule has 5 heteroatoms. The third-order valence-corrected chi connectivity index (χ3v) is 4.81. The minimum Gasteiger partial charge on any atom is -0.465 e. The molecule has 0 aromatic carbocycles. The number of carbonyl (C=O) groups excluding carboxylic acids is 1. The van der Waals surface area contributed by atoms with Crippen molar-refractivity contribution in [1.29, 1.82) is 0 Å². The van der Waals surface area contributed by atoms with Gasteiger partial charge in [0.25, 0.3) is 0 Å². The number of aromatic nitrogens is 2. The predicted molar refractivity (Wildman–Crippen MR) is 82.4 cm³/mol. The lowest BCUT2D eigenvalue weighted by molar-refractivity contribution is -0.145. The first-order valence-corrected chi connectivity index (χ1v) is 8.10.